The predicted molar refractivity (Wildman–Crippen MR) is 111 cm³/mol. The van der Waals surface area contributed by atoms with Crippen molar-refractivity contribution < 1.29 is 13.2 Å². The Kier molecular flexibility index (Phi) is 5.88. The molecule has 0 bridgehead atoms. The quantitative estimate of drug-likeness (QED) is 0.735. The van der Waals surface area contributed by atoms with Gasteiger partial charge in [-0.15, -0.1) is 16.6 Å². The van der Waals surface area contributed by atoms with Crippen LogP contribution in [0, 0.1) is 12.3 Å². The minimum atomic E-state index is -3.76. The van der Waals surface area contributed by atoms with Gasteiger partial charge in [0, 0.05) is 25.1 Å². The van der Waals surface area contributed by atoms with Gasteiger partial charge in [-0.2, -0.15) is 4.72 Å². The number of nitrogens with one attached hydrogen (secondary N) is 1. The number of likely N-dealkylation sites (tertiary alicyclic amines) is 1. The van der Waals surface area contributed by atoms with Crippen molar-refractivity contribution in [1.82, 2.24) is 24.4 Å². The third-order valence-corrected chi connectivity index (χ3v) is 7.10. The van der Waals surface area contributed by atoms with E-state index in [2.05, 4.69) is 25.4 Å². The van der Waals surface area contributed by atoms with Crippen molar-refractivity contribution in [3.05, 3.63) is 41.5 Å². The highest BCUT2D eigenvalue weighted by atomic mass is 32.2. The first-order chi connectivity index (χ1) is 14.5. The summed E-state index contributed by atoms with van der Waals surface area (Å²) < 4.78 is 29.3. The molecule has 2 aliphatic rings. The van der Waals surface area contributed by atoms with E-state index in [1.165, 1.54) is 18.6 Å². The van der Waals surface area contributed by atoms with E-state index >= 15 is 0 Å². The van der Waals surface area contributed by atoms with E-state index in [9.17, 15) is 13.2 Å². The van der Waals surface area contributed by atoms with Gasteiger partial charge in [0.25, 0.3) is 5.91 Å². The van der Waals surface area contributed by atoms with Crippen molar-refractivity contribution in [3.8, 4) is 12.3 Å². The Morgan fingerprint density at radius 3 is 2.90 bits per heavy atom. The molecule has 1 aromatic heterocycles. The first-order valence-electron chi connectivity index (χ1n) is 10.3. The summed E-state index contributed by atoms with van der Waals surface area (Å²) in [4.78, 5) is 15.1. The highest BCUT2D eigenvalue weighted by Gasteiger charge is 2.35. The maximum Gasteiger partial charge on any atom is 0.254 e. The molecule has 1 amide bonds. The Morgan fingerprint density at radius 1 is 1.20 bits per heavy atom. The lowest BCUT2D eigenvalue weighted by Gasteiger charge is -2.25. The lowest BCUT2D eigenvalue weighted by atomic mass is 10.1. The molecule has 4 rings (SSSR count). The van der Waals surface area contributed by atoms with E-state index in [-0.39, 0.29) is 23.4 Å². The standard InChI is InChI=1S/C21H25N5O3S/c1-2-12-22-30(28,29)17-9-6-8-16(15-17)21(27)25-14-7-10-18(25)20-24-23-19-11-4-3-5-13-26(19)20/h1,6,8-9,15,18,22H,3-5,7,10-14H2. The molecule has 1 atom stereocenters. The molecule has 0 radical (unpaired) electrons. The lowest BCUT2D eigenvalue weighted by Crippen LogP contribution is -2.32. The first kappa shape index (κ1) is 20.6. The monoisotopic (exact) mass is 427 g/mol. The molecule has 0 saturated carbocycles. The van der Waals surface area contributed by atoms with E-state index in [1.807, 2.05) is 0 Å². The molecule has 8 nitrogen and oxygen atoms in total. The van der Waals surface area contributed by atoms with E-state index < -0.39 is 10.0 Å². The zero-order valence-corrected chi connectivity index (χ0v) is 17.6. The molecule has 1 saturated heterocycles. The number of amides is 1. The normalized spacial score (nSPS) is 19.2. The van der Waals surface area contributed by atoms with E-state index in [0.29, 0.717) is 12.1 Å². The number of aryl methyl sites for hydroxylation is 1. The fraction of sp³-hybridized carbons (Fsp3) is 0.476. The zero-order chi connectivity index (χ0) is 21.1. The number of sulfonamides is 1. The van der Waals surface area contributed by atoms with Gasteiger partial charge in [-0.25, -0.2) is 8.42 Å². The molecule has 0 aliphatic carbocycles. The summed E-state index contributed by atoms with van der Waals surface area (Å²) in [6, 6.07) is 5.93. The number of hydrogen-bond acceptors (Lipinski definition) is 5. The SMILES string of the molecule is C#CCNS(=O)(=O)c1cccc(C(=O)N2CCCC2c2nnc3n2CCCCC3)c1. The number of rotatable bonds is 5. The second kappa shape index (κ2) is 8.58. The van der Waals surface area contributed by atoms with Crippen LogP contribution in [0.25, 0.3) is 0 Å². The number of terminal acetylenes is 1. The van der Waals surface area contributed by atoms with Crippen molar-refractivity contribution in [3.63, 3.8) is 0 Å². The molecule has 30 heavy (non-hydrogen) atoms. The molecule has 158 valence electrons. The molecule has 9 heteroatoms. The Hall–Kier alpha value is -2.70. The summed E-state index contributed by atoms with van der Waals surface area (Å²) in [5, 5.41) is 8.81. The van der Waals surface area contributed by atoms with Gasteiger partial charge in [-0.1, -0.05) is 18.4 Å². The molecule has 1 N–H and O–H groups in total. The molecule has 0 spiro atoms. The van der Waals surface area contributed by atoms with Gasteiger partial charge in [-0.3, -0.25) is 4.79 Å². The number of fused-ring (bicyclic) bond motifs is 1. The minimum Gasteiger partial charge on any atom is -0.328 e. The largest absolute Gasteiger partial charge is 0.328 e. The third-order valence-electron chi connectivity index (χ3n) is 5.71. The summed E-state index contributed by atoms with van der Waals surface area (Å²) in [7, 11) is -3.76. The number of carbonyl (C=O) groups is 1. The second-order valence-electron chi connectivity index (χ2n) is 7.65. The minimum absolute atomic E-state index is 0.0238. The van der Waals surface area contributed by atoms with Crippen LogP contribution in [0.4, 0.5) is 0 Å². The van der Waals surface area contributed by atoms with Crippen molar-refractivity contribution in [2.24, 2.45) is 0 Å². The van der Waals surface area contributed by atoms with Crippen LogP contribution in [0.15, 0.2) is 29.2 Å². The molecule has 1 aromatic carbocycles. The lowest BCUT2D eigenvalue weighted by molar-refractivity contribution is 0.0726. The number of benzene rings is 1. The van der Waals surface area contributed by atoms with Gasteiger partial charge in [0.05, 0.1) is 17.5 Å². The van der Waals surface area contributed by atoms with Gasteiger partial charge in [0.2, 0.25) is 10.0 Å². The van der Waals surface area contributed by atoms with Crippen molar-refractivity contribution in [2.75, 3.05) is 13.1 Å². The highest BCUT2D eigenvalue weighted by Crippen LogP contribution is 2.33. The Morgan fingerprint density at radius 2 is 2.07 bits per heavy atom. The third kappa shape index (κ3) is 3.98. The molecule has 1 unspecified atom stereocenters. The molecule has 1 fully saturated rings. The Labute approximate surface area is 176 Å². The average molecular weight is 428 g/mol. The van der Waals surface area contributed by atoms with Crippen molar-refractivity contribution in [1.29, 1.82) is 0 Å². The molecular weight excluding hydrogens is 402 g/mol. The molecule has 2 aromatic rings. The van der Waals surface area contributed by atoms with Gasteiger partial charge in [-0.05, 0) is 43.9 Å². The van der Waals surface area contributed by atoms with Crippen LogP contribution in [-0.2, 0) is 23.0 Å². The van der Waals surface area contributed by atoms with Crippen LogP contribution in [0.1, 0.15) is 60.2 Å². The predicted octanol–water partition coefficient (Wildman–Crippen LogP) is 1.89. The number of carbonyl (C=O) groups excluding carboxylic acids is 1. The number of nitrogens with zero attached hydrogens (tertiary/aromatic N) is 4. The molecule has 3 heterocycles. The van der Waals surface area contributed by atoms with Gasteiger partial charge in [0.15, 0.2) is 5.82 Å². The van der Waals surface area contributed by atoms with Crippen LogP contribution in [0.2, 0.25) is 0 Å². The Balaban J connectivity index is 1.60. The van der Waals surface area contributed by atoms with E-state index in [0.717, 1.165) is 50.3 Å². The van der Waals surface area contributed by atoms with Gasteiger partial charge in [0.1, 0.15) is 5.82 Å². The number of aromatic nitrogens is 3. The maximum absolute atomic E-state index is 13.3. The van der Waals surface area contributed by atoms with Gasteiger partial charge >= 0.3 is 0 Å². The summed E-state index contributed by atoms with van der Waals surface area (Å²) in [6.45, 7) is 1.38. The molecule has 2 aliphatic heterocycles. The number of hydrogen-bond donors (Lipinski definition) is 1. The maximum atomic E-state index is 13.3. The fourth-order valence-electron chi connectivity index (χ4n) is 4.21. The van der Waals surface area contributed by atoms with Crippen LogP contribution in [-0.4, -0.2) is 47.1 Å². The van der Waals surface area contributed by atoms with Gasteiger partial charge < -0.3 is 9.47 Å². The Bertz CT molecular complexity index is 1090. The van der Waals surface area contributed by atoms with Crippen LogP contribution in [0.3, 0.4) is 0 Å². The van der Waals surface area contributed by atoms with Crippen molar-refractivity contribution >= 4 is 15.9 Å². The van der Waals surface area contributed by atoms with E-state index in [4.69, 9.17) is 6.42 Å². The first-order valence-corrected chi connectivity index (χ1v) is 11.8. The van der Waals surface area contributed by atoms with Crippen molar-refractivity contribution in [2.45, 2.75) is 56.0 Å². The van der Waals surface area contributed by atoms with Crippen LogP contribution >= 0.6 is 0 Å². The van der Waals surface area contributed by atoms with E-state index in [1.54, 1.807) is 17.0 Å². The zero-order valence-electron chi connectivity index (χ0n) is 16.7. The summed E-state index contributed by atoms with van der Waals surface area (Å²) in [5.41, 5.74) is 0.334. The molecular formula is C21H25N5O3S. The van der Waals surface area contributed by atoms with Crippen LogP contribution in [0.5, 0.6) is 0 Å². The fourth-order valence-corrected chi connectivity index (χ4v) is 5.19. The summed E-state index contributed by atoms with van der Waals surface area (Å²) >= 11 is 0. The summed E-state index contributed by atoms with van der Waals surface area (Å²) in [6.07, 6.45) is 11.1. The second-order valence-corrected chi connectivity index (χ2v) is 9.42. The smallest absolute Gasteiger partial charge is 0.254 e. The summed E-state index contributed by atoms with van der Waals surface area (Å²) in [5.74, 6) is 3.89. The topological polar surface area (TPSA) is 97.2 Å². The van der Waals surface area contributed by atoms with Crippen LogP contribution < -0.4 is 4.72 Å². The average Bonchev–Trinajstić information content (AvgIpc) is 3.32. The highest BCUT2D eigenvalue weighted by molar-refractivity contribution is 7.89.